The second-order valence-electron chi connectivity index (χ2n) is 5.24. The summed E-state index contributed by atoms with van der Waals surface area (Å²) in [4.78, 5) is 12.0. The molecule has 4 heteroatoms. The summed E-state index contributed by atoms with van der Waals surface area (Å²) in [6.07, 6.45) is 4.81. The Balaban J connectivity index is 1.77. The van der Waals surface area contributed by atoms with E-state index in [1.54, 1.807) is 0 Å². The van der Waals surface area contributed by atoms with Crippen LogP contribution in [0.15, 0.2) is 30.3 Å². The largest absolute Gasteiger partial charge is 0.394 e. The molecule has 1 amide bonds. The van der Waals surface area contributed by atoms with Crippen molar-refractivity contribution in [3.63, 3.8) is 0 Å². The number of rotatable bonds is 6. The molecule has 1 saturated heterocycles. The number of aliphatic hydroxyl groups excluding tert-OH is 1. The van der Waals surface area contributed by atoms with Gasteiger partial charge < -0.3 is 15.2 Å². The molecule has 1 fully saturated rings. The van der Waals surface area contributed by atoms with E-state index in [-0.39, 0.29) is 24.7 Å². The zero-order valence-corrected chi connectivity index (χ0v) is 11.8. The van der Waals surface area contributed by atoms with Gasteiger partial charge in [-0.15, -0.1) is 0 Å². The number of hydrogen-bond donors (Lipinski definition) is 2. The number of benzene rings is 1. The molecule has 0 spiro atoms. The first-order valence-corrected chi connectivity index (χ1v) is 7.36. The molecule has 1 aliphatic rings. The Kier molecular flexibility index (Phi) is 6.02. The van der Waals surface area contributed by atoms with Gasteiger partial charge in [-0.2, -0.15) is 0 Å². The highest BCUT2D eigenvalue weighted by atomic mass is 16.5. The van der Waals surface area contributed by atoms with E-state index in [1.807, 2.05) is 30.3 Å². The van der Waals surface area contributed by atoms with Crippen molar-refractivity contribution in [3.8, 4) is 0 Å². The molecule has 1 aromatic carbocycles. The van der Waals surface area contributed by atoms with Gasteiger partial charge in [0.1, 0.15) is 0 Å². The third-order valence-electron chi connectivity index (χ3n) is 3.69. The summed E-state index contributed by atoms with van der Waals surface area (Å²) in [5.41, 5.74) is 0.928. The van der Waals surface area contributed by atoms with Crippen LogP contribution >= 0.6 is 0 Å². The quantitative estimate of drug-likeness (QED) is 0.838. The van der Waals surface area contributed by atoms with Crippen LogP contribution in [-0.4, -0.2) is 30.3 Å². The van der Waals surface area contributed by atoms with Crippen molar-refractivity contribution in [1.82, 2.24) is 5.32 Å². The number of carbonyl (C=O) groups is 1. The van der Waals surface area contributed by atoms with Crippen LogP contribution in [0.1, 0.15) is 43.7 Å². The van der Waals surface area contributed by atoms with Gasteiger partial charge in [0.2, 0.25) is 5.91 Å². The fourth-order valence-corrected chi connectivity index (χ4v) is 2.51. The number of hydrogen-bond acceptors (Lipinski definition) is 3. The lowest BCUT2D eigenvalue weighted by Crippen LogP contribution is -2.31. The molecule has 0 aromatic heterocycles. The van der Waals surface area contributed by atoms with Crippen LogP contribution in [0.2, 0.25) is 0 Å². The van der Waals surface area contributed by atoms with Crippen LogP contribution in [0.25, 0.3) is 0 Å². The van der Waals surface area contributed by atoms with E-state index in [0.717, 1.165) is 31.4 Å². The Bertz CT molecular complexity index is 401. The summed E-state index contributed by atoms with van der Waals surface area (Å²) in [7, 11) is 0. The van der Waals surface area contributed by atoms with Crippen LogP contribution in [0, 0.1) is 0 Å². The minimum absolute atomic E-state index is 0.0259. The van der Waals surface area contributed by atoms with Crippen molar-refractivity contribution in [1.29, 1.82) is 0 Å². The second-order valence-corrected chi connectivity index (χ2v) is 5.24. The van der Waals surface area contributed by atoms with Gasteiger partial charge in [0, 0.05) is 13.0 Å². The van der Waals surface area contributed by atoms with Crippen LogP contribution in [0.3, 0.4) is 0 Å². The minimum Gasteiger partial charge on any atom is -0.394 e. The van der Waals surface area contributed by atoms with Crippen molar-refractivity contribution in [2.75, 3.05) is 13.2 Å². The maximum absolute atomic E-state index is 12.0. The van der Waals surface area contributed by atoms with Crippen molar-refractivity contribution < 1.29 is 14.6 Å². The first-order valence-electron chi connectivity index (χ1n) is 7.36. The van der Waals surface area contributed by atoms with Crippen LogP contribution < -0.4 is 5.32 Å². The highest BCUT2D eigenvalue weighted by molar-refractivity contribution is 5.76. The fourth-order valence-electron chi connectivity index (χ4n) is 2.51. The van der Waals surface area contributed by atoms with Crippen LogP contribution in [0.5, 0.6) is 0 Å². The van der Waals surface area contributed by atoms with Gasteiger partial charge in [0.05, 0.1) is 18.8 Å². The molecule has 1 aromatic rings. The lowest BCUT2D eigenvalue weighted by molar-refractivity contribution is -0.123. The smallest absolute Gasteiger partial charge is 0.220 e. The molecular formula is C16H23NO3. The van der Waals surface area contributed by atoms with E-state index in [4.69, 9.17) is 4.74 Å². The zero-order chi connectivity index (χ0) is 14.2. The summed E-state index contributed by atoms with van der Waals surface area (Å²) in [6.45, 7) is 0.727. The molecule has 110 valence electrons. The average molecular weight is 277 g/mol. The Morgan fingerprint density at radius 3 is 2.80 bits per heavy atom. The topological polar surface area (TPSA) is 58.6 Å². The molecule has 20 heavy (non-hydrogen) atoms. The average Bonchev–Trinajstić information content (AvgIpc) is 2.52. The number of nitrogens with one attached hydrogen (secondary N) is 1. The van der Waals surface area contributed by atoms with Gasteiger partial charge >= 0.3 is 0 Å². The van der Waals surface area contributed by atoms with Gasteiger partial charge in [-0.3, -0.25) is 4.79 Å². The second kappa shape index (κ2) is 8.02. The molecular weight excluding hydrogens is 254 g/mol. The molecule has 1 unspecified atom stereocenters. The highest BCUT2D eigenvalue weighted by Crippen LogP contribution is 2.17. The van der Waals surface area contributed by atoms with Crippen LogP contribution in [-0.2, 0) is 9.53 Å². The molecule has 0 aliphatic carbocycles. The lowest BCUT2D eigenvalue weighted by atomic mass is 10.0. The van der Waals surface area contributed by atoms with Crippen molar-refractivity contribution >= 4 is 5.91 Å². The summed E-state index contributed by atoms with van der Waals surface area (Å²) in [6, 6.07) is 9.22. The van der Waals surface area contributed by atoms with E-state index >= 15 is 0 Å². The third-order valence-corrected chi connectivity index (χ3v) is 3.69. The predicted molar refractivity (Wildman–Crippen MR) is 77.2 cm³/mol. The van der Waals surface area contributed by atoms with E-state index in [9.17, 15) is 9.90 Å². The molecule has 2 N–H and O–H groups in total. The van der Waals surface area contributed by atoms with Crippen LogP contribution in [0.4, 0.5) is 0 Å². The summed E-state index contributed by atoms with van der Waals surface area (Å²) < 4.78 is 5.61. The Labute approximate surface area is 120 Å². The summed E-state index contributed by atoms with van der Waals surface area (Å²) >= 11 is 0. The minimum atomic E-state index is -0.323. The van der Waals surface area contributed by atoms with Crippen molar-refractivity contribution in [2.45, 2.75) is 44.2 Å². The molecule has 0 saturated carbocycles. The van der Waals surface area contributed by atoms with Gasteiger partial charge in [0.15, 0.2) is 0 Å². The Hall–Kier alpha value is -1.39. The Morgan fingerprint density at radius 1 is 1.35 bits per heavy atom. The maximum Gasteiger partial charge on any atom is 0.220 e. The van der Waals surface area contributed by atoms with E-state index in [0.29, 0.717) is 6.42 Å². The van der Waals surface area contributed by atoms with Gasteiger partial charge in [-0.05, 0) is 31.2 Å². The normalized spacial score (nSPS) is 20.4. The number of aliphatic hydroxyl groups is 1. The summed E-state index contributed by atoms with van der Waals surface area (Å²) in [5.74, 6) is -0.0259. The van der Waals surface area contributed by atoms with Crippen molar-refractivity contribution in [3.05, 3.63) is 35.9 Å². The number of amides is 1. The van der Waals surface area contributed by atoms with Gasteiger partial charge in [0.25, 0.3) is 0 Å². The first kappa shape index (κ1) is 15.0. The lowest BCUT2D eigenvalue weighted by Gasteiger charge is -2.23. The number of ether oxygens (including phenoxy) is 1. The molecule has 4 nitrogen and oxygen atoms in total. The maximum atomic E-state index is 12.0. The molecule has 2 rings (SSSR count). The van der Waals surface area contributed by atoms with Gasteiger partial charge in [-0.1, -0.05) is 30.3 Å². The van der Waals surface area contributed by atoms with Gasteiger partial charge in [-0.25, -0.2) is 0 Å². The zero-order valence-electron chi connectivity index (χ0n) is 11.8. The fraction of sp³-hybridized carbons (Fsp3) is 0.562. The van der Waals surface area contributed by atoms with E-state index in [1.165, 1.54) is 6.42 Å². The monoisotopic (exact) mass is 277 g/mol. The third kappa shape index (κ3) is 4.62. The summed E-state index contributed by atoms with van der Waals surface area (Å²) in [5, 5.41) is 12.3. The number of carbonyl (C=O) groups excluding carboxylic acids is 1. The first-order chi connectivity index (χ1) is 9.79. The molecule has 1 aliphatic heterocycles. The SMILES string of the molecule is O=C(CCC1CCCCO1)N[C@@H](CO)c1ccccc1. The standard InChI is InChI=1S/C16H23NO3/c18-12-15(13-6-2-1-3-7-13)17-16(19)10-9-14-8-4-5-11-20-14/h1-3,6-7,14-15,18H,4-5,8-12H2,(H,17,19)/t14?,15-/m0/s1. The highest BCUT2D eigenvalue weighted by Gasteiger charge is 2.17. The molecule has 1 heterocycles. The van der Waals surface area contributed by atoms with E-state index in [2.05, 4.69) is 5.32 Å². The Morgan fingerprint density at radius 2 is 2.15 bits per heavy atom. The molecule has 0 radical (unpaired) electrons. The predicted octanol–water partition coefficient (Wildman–Crippen LogP) is 2.19. The molecule has 0 bridgehead atoms. The van der Waals surface area contributed by atoms with Crippen molar-refractivity contribution in [2.24, 2.45) is 0 Å². The van der Waals surface area contributed by atoms with E-state index < -0.39 is 0 Å². The molecule has 2 atom stereocenters.